The van der Waals surface area contributed by atoms with Gasteiger partial charge in [0.05, 0.1) is 4.70 Å². The van der Waals surface area contributed by atoms with E-state index in [-0.39, 0.29) is 0 Å². The molecule has 4 heteroatoms. The number of halogens is 2. The molecule has 0 atom stereocenters. The molecule has 1 aliphatic heterocycles. The number of thiophene rings is 1. The minimum absolute atomic E-state index is 0.409. The molecule has 0 fully saturated rings. The Kier molecular flexibility index (Phi) is 2.68. The van der Waals surface area contributed by atoms with Gasteiger partial charge in [0, 0.05) is 11.9 Å². The Bertz CT molecular complexity index is 601. The topological polar surface area (TPSA) is 12.0 Å². The monoisotopic (exact) mass is 251 g/mol. The van der Waals surface area contributed by atoms with Crippen LogP contribution in [-0.2, 0) is 0 Å². The molecule has 0 unspecified atom stereocenters. The summed E-state index contributed by atoms with van der Waals surface area (Å²) in [5.74, 6) is -1.51. The lowest BCUT2D eigenvalue weighted by Gasteiger charge is -2.13. The van der Waals surface area contributed by atoms with Crippen molar-refractivity contribution < 1.29 is 8.78 Å². The zero-order valence-corrected chi connectivity index (χ0v) is 9.91. The predicted molar refractivity (Wildman–Crippen MR) is 67.2 cm³/mol. The van der Waals surface area contributed by atoms with Crippen LogP contribution in [0.25, 0.3) is 15.7 Å². The average Bonchev–Trinajstić information content (AvgIpc) is 2.79. The maximum Gasteiger partial charge on any atom is 0.176 e. The van der Waals surface area contributed by atoms with E-state index in [1.807, 2.05) is 5.38 Å². The van der Waals surface area contributed by atoms with E-state index in [0.717, 1.165) is 30.5 Å². The van der Waals surface area contributed by atoms with Gasteiger partial charge in [0.15, 0.2) is 11.6 Å². The molecular formula is C13H11F2NS. The molecule has 0 radical (unpaired) electrons. The average molecular weight is 251 g/mol. The molecule has 0 bridgehead atoms. The van der Waals surface area contributed by atoms with Crippen LogP contribution in [-0.4, -0.2) is 13.1 Å². The molecule has 17 heavy (non-hydrogen) atoms. The van der Waals surface area contributed by atoms with E-state index < -0.39 is 11.6 Å². The minimum atomic E-state index is -0.776. The van der Waals surface area contributed by atoms with Gasteiger partial charge in [0.25, 0.3) is 0 Å². The van der Waals surface area contributed by atoms with Crippen molar-refractivity contribution in [3.8, 4) is 0 Å². The van der Waals surface area contributed by atoms with Gasteiger partial charge in [0.2, 0.25) is 0 Å². The van der Waals surface area contributed by atoms with E-state index in [2.05, 4.69) is 11.4 Å². The number of benzene rings is 1. The third-order valence-electron chi connectivity index (χ3n) is 3.01. The van der Waals surface area contributed by atoms with Crippen LogP contribution in [0.1, 0.15) is 12.0 Å². The molecule has 1 aromatic heterocycles. The van der Waals surface area contributed by atoms with Gasteiger partial charge >= 0.3 is 0 Å². The quantitative estimate of drug-likeness (QED) is 0.817. The van der Waals surface area contributed by atoms with Crippen LogP contribution in [0.15, 0.2) is 23.6 Å². The molecule has 0 spiro atoms. The van der Waals surface area contributed by atoms with E-state index in [0.29, 0.717) is 4.70 Å². The number of nitrogens with one attached hydrogen (secondary N) is 1. The third-order valence-corrected chi connectivity index (χ3v) is 4.00. The summed E-state index contributed by atoms with van der Waals surface area (Å²) in [4.78, 5) is 0. The normalized spacial score (nSPS) is 16.2. The molecule has 1 nitrogen and oxygen atoms in total. The first-order chi connectivity index (χ1) is 8.27. The van der Waals surface area contributed by atoms with Gasteiger partial charge in [-0.3, -0.25) is 0 Å². The van der Waals surface area contributed by atoms with E-state index in [1.165, 1.54) is 23.0 Å². The first-order valence-electron chi connectivity index (χ1n) is 5.52. The highest BCUT2D eigenvalue weighted by Gasteiger charge is 2.15. The molecule has 88 valence electrons. The van der Waals surface area contributed by atoms with E-state index in [9.17, 15) is 8.78 Å². The van der Waals surface area contributed by atoms with Crippen LogP contribution in [0.5, 0.6) is 0 Å². The standard InChI is InChI=1S/C13H11F2NS/c14-11-4-3-9-10(7-17-13(9)12(11)15)8-2-1-5-16-6-8/h2-4,7,16H,1,5-6H2. The summed E-state index contributed by atoms with van der Waals surface area (Å²) in [6.45, 7) is 1.78. The molecule has 0 aliphatic carbocycles. The number of hydrogen-bond acceptors (Lipinski definition) is 2. The molecule has 0 saturated carbocycles. The molecule has 1 aliphatic rings. The molecule has 0 saturated heterocycles. The van der Waals surface area contributed by atoms with Gasteiger partial charge < -0.3 is 5.32 Å². The van der Waals surface area contributed by atoms with Gasteiger partial charge in [-0.05, 0) is 41.6 Å². The zero-order valence-electron chi connectivity index (χ0n) is 9.09. The van der Waals surface area contributed by atoms with Crippen molar-refractivity contribution in [1.29, 1.82) is 0 Å². The Hall–Kier alpha value is -1.26. The largest absolute Gasteiger partial charge is 0.312 e. The van der Waals surface area contributed by atoms with Gasteiger partial charge in [0.1, 0.15) is 0 Å². The lowest BCUT2D eigenvalue weighted by atomic mass is 10.0. The molecular weight excluding hydrogens is 240 g/mol. The van der Waals surface area contributed by atoms with Crippen molar-refractivity contribution in [1.82, 2.24) is 5.32 Å². The predicted octanol–water partition coefficient (Wildman–Crippen LogP) is 3.56. The summed E-state index contributed by atoms with van der Waals surface area (Å²) < 4.78 is 27.1. The van der Waals surface area contributed by atoms with Crippen molar-refractivity contribution in [2.24, 2.45) is 0 Å². The second-order valence-electron chi connectivity index (χ2n) is 4.08. The maximum absolute atomic E-state index is 13.6. The van der Waals surface area contributed by atoms with Gasteiger partial charge in [-0.2, -0.15) is 0 Å². The fraction of sp³-hybridized carbons (Fsp3) is 0.231. The van der Waals surface area contributed by atoms with Crippen molar-refractivity contribution in [3.63, 3.8) is 0 Å². The molecule has 1 N–H and O–H groups in total. The van der Waals surface area contributed by atoms with Gasteiger partial charge in [-0.25, -0.2) is 8.78 Å². The van der Waals surface area contributed by atoms with Crippen molar-refractivity contribution in [2.75, 3.05) is 13.1 Å². The Balaban J connectivity index is 2.18. The fourth-order valence-corrected chi connectivity index (χ4v) is 3.16. The summed E-state index contributed by atoms with van der Waals surface area (Å²) in [6.07, 6.45) is 3.15. The lowest BCUT2D eigenvalue weighted by Crippen LogP contribution is -2.21. The summed E-state index contributed by atoms with van der Waals surface area (Å²) in [5.41, 5.74) is 2.20. The summed E-state index contributed by atoms with van der Waals surface area (Å²) in [6, 6.07) is 2.86. The number of fused-ring (bicyclic) bond motifs is 1. The Morgan fingerprint density at radius 3 is 2.88 bits per heavy atom. The zero-order chi connectivity index (χ0) is 11.8. The van der Waals surface area contributed by atoms with E-state index in [1.54, 1.807) is 6.07 Å². The Morgan fingerprint density at radius 2 is 2.12 bits per heavy atom. The van der Waals surface area contributed by atoms with E-state index in [4.69, 9.17) is 0 Å². The van der Waals surface area contributed by atoms with Gasteiger partial charge in [-0.1, -0.05) is 6.08 Å². The van der Waals surface area contributed by atoms with Crippen molar-refractivity contribution in [3.05, 3.63) is 40.8 Å². The second kappa shape index (κ2) is 4.20. The minimum Gasteiger partial charge on any atom is -0.312 e. The highest BCUT2D eigenvalue weighted by atomic mass is 32.1. The molecule has 0 amide bonds. The second-order valence-corrected chi connectivity index (χ2v) is 4.96. The smallest absolute Gasteiger partial charge is 0.176 e. The lowest BCUT2D eigenvalue weighted by molar-refractivity contribution is 0.518. The summed E-state index contributed by atoms with van der Waals surface area (Å²) in [5, 5.41) is 6.00. The fourth-order valence-electron chi connectivity index (χ4n) is 2.14. The highest BCUT2D eigenvalue weighted by Crippen LogP contribution is 2.34. The van der Waals surface area contributed by atoms with Crippen LogP contribution in [0.2, 0.25) is 0 Å². The van der Waals surface area contributed by atoms with Crippen molar-refractivity contribution in [2.45, 2.75) is 6.42 Å². The van der Waals surface area contributed by atoms with Crippen LogP contribution in [0.3, 0.4) is 0 Å². The molecule has 3 rings (SSSR count). The Morgan fingerprint density at radius 1 is 1.24 bits per heavy atom. The SMILES string of the molecule is Fc1ccc2c(C3=CCCNC3)csc2c1F. The van der Waals surface area contributed by atoms with Crippen LogP contribution in [0.4, 0.5) is 8.78 Å². The first kappa shape index (κ1) is 10.9. The van der Waals surface area contributed by atoms with Crippen molar-refractivity contribution >= 4 is 27.0 Å². The Labute approximate surface area is 102 Å². The summed E-state index contributed by atoms with van der Waals surface area (Å²) >= 11 is 1.26. The summed E-state index contributed by atoms with van der Waals surface area (Å²) in [7, 11) is 0. The van der Waals surface area contributed by atoms with Crippen LogP contribution >= 0.6 is 11.3 Å². The van der Waals surface area contributed by atoms with Gasteiger partial charge in [-0.15, -0.1) is 11.3 Å². The van der Waals surface area contributed by atoms with Crippen LogP contribution in [0, 0.1) is 11.6 Å². The number of rotatable bonds is 1. The third kappa shape index (κ3) is 1.77. The van der Waals surface area contributed by atoms with Crippen LogP contribution < -0.4 is 5.32 Å². The highest BCUT2D eigenvalue weighted by molar-refractivity contribution is 7.17. The maximum atomic E-state index is 13.6. The molecule has 2 heterocycles. The molecule has 1 aromatic carbocycles. The molecule has 2 aromatic rings. The first-order valence-corrected chi connectivity index (χ1v) is 6.40. The van der Waals surface area contributed by atoms with E-state index >= 15 is 0 Å². The number of hydrogen-bond donors (Lipinski definition) is 1.